The number of rotatable bonds is 11. The highest BCUT2D eigenvalue weighted by molar-refractivity contribution is 7.89. The fourth-order valence-corrected chi connectivity index (χ4v) is 5.58. The number of benzene rings is 2. The second-order valence-corrected chi connectivity index (χ2v) is 10.8. The molecular formula is C27H37N3O7S. The van der Waals surface area contributed by atoms with Crippen molar-refractivity contribution < 1.29 is 46.2 Å². The van der Waals surface area contributed by atoms with E-state index in [0.29, 0.717) is 9.87 Å². The molecule has 208 valence electrons. The van der Waals surface area contributed by atoms with Crippen LogP contribution in [0.2, 0.25) is 0 Å². The van der Waals surface area contributed by atoms with Gasteiger partial charge in [-0.3, -0.25) is 0 Å². The zero-order valence-electron chi connectivity index (χ0n) is 30.4. The molecule has 4 rings (SSSR count). The first-order chi connectivity index (χ1) is 22.0. The van der Waals surface area contributed by atoms with Gasteiger partial charge in [-0.25, -0.2) is 13.2 Å². The Hall–Kier alpha value is -2.70. The van der Waals surface area contributed by atoms with Gasteiger partial charge in [0.1, 0.15) is 6.10 Å². The standard InChI is InChI=1S/C27H37N3O7S/c1-18(2)15-30(38(33,34)21-10-8-20(28)9-11-21)16-24(31)23(14-19-6-4-3-5-7-19)29-27(32)37-25-17-36-26-22(25)12-13-35-26/h3-11,18,22-26,31H,12-17,28H2,1-2H3,(H,29,32)/t22-,23-,24+,25-,26+/m0/s1/i1D3,2D3,12D2,18D,22D. The molecule has 0 spiro atoms. The van der Waals surface area contributed by atoms with Crippen molar-refractivity contribution >= 4 is 21.8 Å². The number of hydrogen-bond acceptors (Lipinski definition) is 8. The average Bonchev–Trinajstić information content (AvgIpc) is 3.42. The molecule has 2 aliphatic heterocycles. The van der Waals surface area contributed by atoms with Crippen LogP contribution in [0.4, 0.5) is 10.5 Å². The molecule has 4 N–H and O–H groups in total. The normalized spacial score (nSPS) is 30.9. The van der Waals surface area contributed by atoms with Crippen molar-refractivity contribution in [1.29, 1.82) is 0 Å². The maximum atomic E-state index is 13.9. The summed E-state index contributed by atoms with van der Waals surface area (Å²) >= 11 is 0. The number of sulfonamides is 1. The smallest absolute Gasteiger partial charge is 0.407 e. The molecule has 38 heavy (non-hydrogen) atoms. The van der Waals surface area contributed by atoms with Crippen molar-refractivity contribution in [3.8, 4) is 0 Å². The highest BCUT2D eigenvalue weighted by atomic mass is 32.2. The average molecular weight is 558 g/mol. The van der Waals surface area contributed by atoms with Crippen LogP contribution in [0.15, 0.2) is 59.5 Å². The van der Waals surface area contributed by atoms with E-state index in [9.17, 15) is 18.3 Å². The second-order valence-electron chi connectivity index (χ2n) is 8.86. The molecule has 0 aliphatic carbocycles. The molecular weight excluding hydrogens is 510 g/mol. The third-order valence-corrected chi connectivity index (χ3v) is 7.90. The number of nitrogens with one attached hydrogen (secondary N) is 1. The summed E-state index contributed by atoms with van der Waals surface area (Å²) in [7, 11) is -4.79. The molecule has 0 unspecified atom stereocenters. The SMILES string of the molecule is [2H]C([2H])([2H])C([2H])(CN(C[C@@H](O)[C@H](Cc1ccccc1)NC(=O)O[C@H]1CO[C@H]2OCC([2H])([2H])[C@]21[2H])S(=O)(=O)c1ccc(N)cc1)C([2H])([2H])[2H]. The highest BCUT2D eigenvalue weighted by Gasteiger charge is 2.44. The lowest BCUT2D eigenvalue weighted by Gasteiger charge is -2.31. The Kier molecular flexibility index (Phi) is 5.83. The van der Waals surface area contributed by atoms with E-state index >= 15 is 0 Å². The molecule has 2 aromatic carbocycles. The Morgan fingerprint density at radius 1 is 1.26 bits per heavy atom. The van der Waals surface area contributed by atoms with Gasteiger partial charge in [-0.05, 0) is 48.5 Å². The first kappa shape index (κ1) is 17.8. The van der Waals surface area contributed by atoms with Gasteiger partial charge < -0.3 is 30.4 Å². The van der Waals surface area contributed by atoms with Crippen LogP contribution in [-0.4, -0.2) is 74.8 Å². The quantitative estimate of drug-likeness (QED) is 0.358. The van der Waals surface area contributed by atoms with Crippen LogP contribution in [0.1, 0.15) is 39.3 Å². The lowest BCUT2D eigenvalue weighted by atomic mass is 10.0. The number of ether oxygens (including phenoxy) is 3. The lowest BCUT2D eigenvalue weighted by Crippen LogP contribution is -2.51. The molecule has 0 saturated carbocycles. The van der Waals surface area contributed by atoms with Gasteiger partial charge in [0.05, 0.1) is 36.1 Å². The Morgan fingerprint density at radius 2 is 2.00 bits per heavy atom. The number of nitrogens with two attached hydrogens (primary N) is 1. The van der Waals surface area contributed by atoms with Crippen molar-refractivity contribution in [2.75, 3.05) is 32.0 Å². The third-order valence-electron chi connectivity index (χ3n) is 6.07. The van der Waals surface area contributed by atoms with Crippen LogP contribution in [-0.2, 0) is 30.7 Å². The fourth-order valence-electron chi connectivity index (χ4n) is 4.15. The van der Waals surface area contributed by atoms with Crippen LogP contribution < -0.4 is 11.1 Å². The van der Waals surface area contributed by atoms with E-state index in [1.165, 1.54) is 12.1 Å². The van der Waals surface area contributed by atoms with Crippen LogP contribution in [0.5, 0.6) is 0 Å². The van der Waals surface area contributed by atoms with E-state index in [-0.39, 0.29) is 18.7 Å². The summed E-state index contributed by atoms with van der Waals surface area (Å²) in [5.74, 6) is -5.45. The van der Waals surface area contributed by atoms with Gasteiger partial charge >= 0.3 is 6.09 Å². The monoisotopic (exact) mass is 557 g/mol. The minimum Gasteiger partial charge on any atom is -0.443 e. The van der Waals surface area contributed by atoms with E-state index in [4.69, 9.17) is 33.7 Å². The number of amides is 1. The van der Waals surface area contributed by atoms with Crippen molar-refractivity contribution in [3.63, 3.8) is 0 Å². The lowest BCUT2D eigenvalue weighted by molar-refractivity contribution is -0.0907. The number of carbonyl (C=O) groups is 1. The number of aliphatic hydroxyl groups is 1. The summed E-state index contributed by atoms with van der Waals surface area (Å²) < 4.78 is 125. The van der Waals surface area contributed by atoms with Crippen molar-refractivity contribution in [1.82, 2.24) is 9.62 Å². The fraction of sp³-hybridized carbons (Fsp3) is 0.519. The summed E-state index contributed by atoms with van der Waals surface area (Å²) in [6.07, 6.45) is -8.20. The number of aliphatic hydroxyl groups excluding tert-OH is 1. The largest absolute Gasteiger partial charge is 0.443 e. The van der Waals surface area contributed by atoms with Gasteiger partial charge in [0, 0.05) is 32.5 Å². The van der Waals surface area contributed by atoms with Crippen molar-refractivity contribution in [2.45, 2.75) is 55.9 Å². The Bertz CT molecular complexity index is 1530. The molecule has 2 heterocycles. The maximum Gasteiger partial charge on any atom is 0.407 e. The van der Waals surface area contributed by atoms with Gasteiger partial charge in [-0.2, -0.15) is 4.31 Å². The van der Waals surface area contributed by atoms with Gasteiger partial charge in [0.25, 0.3) is 0 Å². The topological polar surface area (TPSA) is 140 Å². The molecule has 5 atom stereocenters. The number of fused-ring (bicyclic) bond motifs is 1. The van der Waals surface area contributed by atoms with Gasteiger partial charge in [-0.1, -0.05) is 44.0 Å². The van der Waals surface area contributed by atoms with Gasteiger partial charge in [-0.15, -0.1) is 0 Å². The van der Waals surface area contributed by atoms with E-state index in [2.05, 4.69) is 5.32 Å². The number of carbonyl (C=O) groups excluding carboxylic acids is 1. The van der Waals surface area contributed by atoms with E-state index in [1.54, 1.807) is 30.3 Å². The van der Waals surface area contributed by atoms with Gasteiger partial charge in [0.15, 0.2) is 6.29 Å². The summed E-state index contributed by atoms with van der Waals surface area (Å²) in [4.78, 5) is 12.8. The molecule has 0 radical (unpaired) electrons. The predicted octanol–water partition coefficient (Wildman–Crippen LogP) is 2.38. The molecule has 2 fully saturated rings. The zero-order chi connectivity index (χ0) is 35.9. The first-order valence-corrected chi connectivity index (χ1v) is 13.2. The summed E-state index contributed by atoms with van der Waals surface area (Å²) in [5, 5.41) is 13.9. The number of hydrogen-bond donors (Lipinski definition) is 3. The summed E-state index contributed by atoms with van der Waals surface area (Å²) in [5.41, 5.74) is 6.43. The second kappa shape index (κ2) is 12.4. The van der Waals surface area contributed by atoms with Crippen LogP contribution in [0, 0.1) is 11.8 Å². The molecule has 10 nitrogen and oxygen atoms in total. The number of nitrogens with zero attached hydrogens (tertiary/aromatic N) is 1. The molecule has 0 bridgehead atoms. The number of alkyl carbamates (subject to hydrolysis) is 1. The van der Waals surface area contributed by atoms with Gasteiger partial charge in [0.2, 0.25) is 10.0 Å². The predicted molar refractivity (Wildman–Crippen MR) is 142 cm³/mol. The molecule has 1 amide bonds. The minimum atomic E-state index is -4.79. The molecule has 2 saturated heterocycles. The molecule has 2 aliphatic rings. The minimum absolute atomic E-state index is 0.142. The van der Waals surface area contributed by atoms with E-state index in [1.807, 2.05) is 0 Å². The van der Waals surface area contributed by atoms with Crippen LogP contribution in [0.25, 0.3) is 0 Å². The summed E-state index contributed by atoms with van der Waals surface area (Å²) in [6, 6.07) is 11.6. The zero-order valence-corrected chi connectivity index (χ0v) is 21.2. The number of anilines is 1. The van der Waals surface area contributed by atoms with E-state index < -0.39 is 97.1 Å². The van der Waals surface area contributed by atoms with Crippen LogP contribution in [0.3, 0.4) is 0 Å². The van der Waals surface area contributed by atoms with Crippen molar-refractivity contribution in [2.24, 2.45) is 11.8 Å². The Labute approximate surface area is 238 Å². The Balaban J connectivity index is 1.67. The third kappa shape index (κ3) is 7.03. The van der Waals surface area contributed by atoms with E-state index in [0.717, 1.165) is 12.1 Å². The molecule has 11 heteroatoms. The molecule has 2 aromatic rings. The number of nitrogen functional groups attached to an aromatic ring is 1. The van der Waals surface area contributed by atoms with Crippen LogP contribution >= 0.6 is 0 Å². The first-order valence-electron chi connectivity index (χ1n) is 16.8. The maximum absolute atomic E-state index is 13.9. The summed E-state index contributed by atoms with van der Waals surface area (Å²) in [6.45, 7) is -10.2. The Morgan fingerprint density at radius 3 is 2.71 bits per heavy atom. The molecule has 0 aromatic heterocycles. The highest BCUT2D eigenvalue weighted by Crippen LogP contribution is 2.33. The van der Waals surface area contributed by atoms with Crippen molar-refractivity contribution in [3.05, 3.63) is 60.2 Å².